The summed E-state index contributed by atoms with van der Waals surface area (Å²) in [6.45, 7) is 0. The van der Waals surface area contributed by atoms with Crippen LogP contribution in [0.25, 0.3) is 0 Å². The van der Waals surface area contributed by atoms with Crippen LogP contribution in [0.4, 0.5) is 0 Å². The number of aliphatic carboxylic acids is 2. The highest BCUT2D eigenvalue weighted by atomic mass is 32.2. The molecule has 0 saturated heterocycles. The molecule has 1 unspecified atom stereocenters. The number of hydrogen-bond donors (Lipinski definition) is 2. The maximum atomic E-state index is 11.2. The summed E-state index contributed by atoms with van der Waals surface area (Å²) in [5.74, 6) is -1.29. The van der Waals surface area contributed by atoms with E-state index in [1.54, 1.807) is 0 Å². The van der Waals surface area contributed by atoms with E-state index in [-0.39, 0.29) is 18.1 Å². The van der Waals surface area contributed by atoms with E-state index in [1.807, 2.05) is 12.1 Å². The summed E-state index contributed by atoms with van der Waals surface area (Å²) >= 11 is 1.42. The van der Waals surface area contributed by atoms with Crippen molar-refractivity contribution in [1.82, 2.24) is 0 Å². The van der Waals surface area contributed by atoms with Crippen LogP contribution in [0.5, 0.6) is 0 Å². The van der Waals surface area contributed by atoms with Crippen LogP contribution in [0.2, 0.25) is 0 Å². The normalized spacial score (nSPS) is 11.9. The van der Waals surface area contributed by atoms with Crippen molar-refractivity contribution in [3.05, 3.63) is 71.3 Å². The number of benzene rings is 2. The molecule has 1 atom stereocenters. The van der Waals surface area contributed by atoms with Gasteiger partial charge in [-0.1, -0.05) is 80.3 Å². The van der Waals surface area contributed by atoms with E-state index in [2.05, 4.69) is 42.5 Å². The molecule has 0 amide bonds. The molecule has 168 valence electrons. The smallest absolute Gasteiger partial charge is 0.304 e. The Bertz CT molecular complexity index is 791. The molecule has 0 bridgehead atoms. The molecule has 0 aliphatic carbocycles. The summed E-state index contributed by atoms with van der Waals surface area (Å²) in [6.07, 6.45) is 9.61. The maximum absolute atomic E-state index is 11.2. The molecule has 2 aromatic rings. The van der Waals surface area contributed by atoms with E-state index >= 15 is 0 Å². The minimum atomic E-state index is -0.856. The molecule has 2 N–H and O–H groups in total. The van der Waals surface area contributed by atoms with E-state index in [4.69, 9.17) is 5.11 Å². The second-order valence-corrected chi connectivity index (χ2v) is 9.26. The van der Waals surface area contributed by atoms with Crippen LogP contribution >= 0.6 is 11.8 Å². The van der Waals surface area contributed by atoms with Gasteiger partial charge in [0.2, 0.25) is 0 Å². The van der Waals surface area contributed by atoms with Gasteiger partial charge in [0.1, 0.15) is 0 Å². The van der Waals surface area contributed by atoms with Gasteiger partial charge in [-0.25, -0.2) is 0 Å². The summed E-state index contributed by atoms with van der Waals surface area (Å²) in [6, 6.07) is 18.8. The first-order valence-electron chi connectivity index (χ1n) is 11.2. The Balaban J connectivity index is 1.68. The first kappa shape index (κ1) is 25.0. The highest BCUT2D eigenvalue weighted by Gasteiger charge is 2.17. The molecule has 5 heteroatoms. The highest BCUT2D eigenvalue weighted by molar-refractivity contribution is 7.99. The van der Waals surface area contributed by atoms with Crippen molar-refractivity contribution in [3.63, 3.8) is 0 Å². The standard InChI is InChI=1S/C26H34O4S/c27-25(28)17-18-31-24(20-26(29)30)23-16-10-15-22(19-23)14-7-4-2-1-3-6-11-21-12-8-5-9-13-21/h5,8-10,12-13,15-16,19,24H,1-4,6-7,11,14,17-18,20H2,(H,27,28)(H,29,30). The average Bonchev–Trinajstić information content (AvgIpc) is 2.75. The Kier molecular flexibility index (Phi) is 11.8. The van der Waals surface area contributed by atoms with Gasteiger partial charge in [-0.15, -0.1) is 0 Å². The zero-order valence-corrected chi connectivity index (χ0v) is 19.0. The number of carboxylic acid groups (broad SMARTS) is 2. The number of unbranched alkanes of at least 4 members (excludes halogenated alkanes) is 5. The summed E-state index contributed by atoms with van der Waals surface area (Å²) in [5.41, 5.74) is 3.64. The van der Waals surface area contributed by atoms with Crippen molar-refractivity contribution in [2.75, 3.05) is 5.75 Å². The first-order valence-corrected chi connectivity index (χ1v) is 12.3. The monoisotopic (exact) mass is 442 g/mol. The summed E-state index contributed by atoms with van der Waals surface area (Å²) in [5, 5.41) is 17.8. The van der Waals surface area contributed by atoms with Crippen molar-refractivity contribution >= 4 is 23.7 Å². The molecule has 0 radical (unpaired) electrons. The second kappa shape index (κ2) is 14.7. The Morgan fingerprint density at radius 1 is 0.742 bits per heavy atom. The summed E-state index contributed by atoms with van der Waals surface area (Å²) in [4.78, 5) is 22.0. The molecular formula is C26H34O4S. The third-order valence-corrected chi connectivity index (χ3v) is 6.62. The molecule has 0 fully saturated rings. The number of carboxylic acids is 2. The minimum Gasteiger partial charge on any atom is -0.481 e. The Labute approximate surface area is 190 Å². The zero-order chi connectivity index (χ0) is 22.3. The number of carbonyl (C=O) groups is 2. The lowest BCUT2D eigenvalue weighted by atomic mass is 10.0. The van der Waals surface area contributed by atoms with E-state index in [0.29, 0.717) is 5.75 Å². The topological polar surface area (TPSA) is 74.6 Å². The van der Waals surface area contributed by atoms with Crippen molar-refractivity contribution in [3.8, 4) is 0 Å². The third kappa shape index (κ3) is 11.1. The van der Waals surface area contributed by atoms with Crippen LogP contribution in [0, 0.1) is 0 Å². The molecule has 31 heavy (non-hydrogen) atoms. The van der Waals surface area contributed by atoms with Crippen molar-refractivity contribution < 1.29 is 19.8 Å². The van der Waals surface area contributed by atoms with Gasteiger partial charge in [0, 0.05) is 11.0 Å². The van der Waals surface area contributed by atoms with Gasteiger partial charge in [0.05, 0.1) is 12.8 Å². The van der Waals surface area contributed by atoms with Crippen LogP contribution in [0.1, 0.15) is 73.3 Å². The fraction of sp³-hybridized carbons (Fsp3) is 0.462. The fourth-order valence-electron chi connectivity index (χ4n) is 3.68. The zero-order valence-electron chi connectivity index (χ0n) is 18.2. The minimum absolute atomic E-state index is 0.0106. The SMILES string of the molecule is O=C(O)CCSC(CC(=O)O)c1cccc(CCCCCCCCc2ccccc2)c1. The molecule has 0 heterocycles. The summed E-state index contributed by atoms with van der Waals surface area (Å²) < 4.78 is 0. The van der Waals surface area contributed by atoms with Crippen molar-refractivity contribution in [1.29, 1.82) is 0 Å². The van der Waals surface area contributed by atoms with Gasteiger partial charge >= 0.3 is 11.9 Å². The molecule has 0 spiro atoms. The lowest BCUT2D eigenvalue weighted by molar-refractivity contribution is -0.137. The number of rotatable bonds is 16. The Hall–Kier alpha value is -2.27. The predicted octanol–water partition coefficient (Wildman–Crippen LogP) is 6.54. The van der Waals surface area contributed by atoms with E-state index < -0.39 is 11.9 Å². The molecular weight excluding hydrogens is 408 g/mol. The molecule has 0 aliphatic rings. The van der Waals surface area contributed by atoms with E-state index in [9.17, 15) is 14.7 Å². The van der Waals surface area contributed by atoms with Crippen LogP contribution in [-0.4, -0.2) is 27.9 Å². The molecule has 2 aromatic carbocycles. The van der Waals surface area contributed by atoms with Crippen LogP contribution in [0.3, 0.4) is 0 Å². The van der Waals surface area contributed by atoms with E-state index in [0.717, 1.165) is 24.8 Å². The lowest BCUT2D eigenvalue weighted by Gasteiger charge is -2.16. The van der Waals surface area contributed by atoms with Gasteiger partial charge in [-0.2, -0.15) is 11.8 Å². The number of aryl methyl sites for hydroxylation is 2. The van der Waals surface area contributed by atoms with Crippen LogP contribution < -0.4 is 0 Å². The van der Waals surface area contributed by atoms with Gasteiger partial charge in [0.25, 0.3) is 0 Å². The van der Waals surface area contributed by atoms with Crippen LogP contribution in [-0.2, 0) is 22.4 Å². The van der Waals surface area contributed by atoms with Crippen molar-refractivity contribution in [2.24, 2.45) is 0 Å². The largest absolute Gasteiger partial charge is 0.481 e. The lowest BCUT2D eigenvalue weighted by Crippen LogP contribution is -2.06. The number of thioether (sulfide) groups is 1. The highest BCUT2D eigenvalue weighted by Crippen LogP contribution is 2.33. The Morgan fingerprint density at radius 3 is 2.00 bits per heavy atom. The first-order chi connectivity index (χ1) is 15.0. The molecule has 0 saturated carbocycles. The maximum Gasteiger partial charge on any atom is 0.304 e. The fourth-order valence-corrected chi connectivity index (χ4v) is 4.86. The van der Waals surface area contributed by atoms with Gasteiger partial charge < -0.3 is 10.2 Å². The number of hydrogen-bond acceptors (Lipinski definition) is 3. The van der Waals surface area contributed by atoms with Gasteiger partial charge in [0.15, 0.2) is 0 Å². The van der Waals surface area contributed by atoms with Gasteiger partial charge in [-0.05, 0) is 42.4 Å². The quantitative estimate of drug-likeness (QED) is 0.289. The molecule has 2 rings (SSSR count). The van der Waals surface area contributed by atoms with Crippen molar-refractivity contribution in [2.45, 2.75) is 69.5 Å². The summed E-state index contributed by atoms with van der Waals surface area (Å²) in [7, 11) is 0. The molecule has 4 nitrogen and oxygen atoms in total. The predicted molar refractivity (Wildman–Crippen MR) is 128 cm³/mol. The van der Waals surface area contributed by atoms with Gasteiger partial charge in [-0.3, -0.25) is 9.59 Å². The Morgan fingerprint density at radius 2 is 1.35 bits per heavy atom. The van der Waals surface area contributed by atoms with Crippen LogP contribution in [0.15, 0.2) is 54.6 Å². The second-order valence-electron chi connectivity index (χ2n) is 7.95. The molecule has 0 aliphatic heterocycles. The van der Waals surface area contributed by atoms with E-state index in [1.165, 1.54) is 55.0 Å². The third-order valence-electron chi connectivity index (χ3n) is 5.34. The average molecular weight is 443 g/mol. The molecule has 0 aromatic heterocycles.